The highest BCUT2D eigenvalue weighted by molar-refractivity contribution is 4.99. The largest absolute Gasteiger partial charge is 0.377 e. The fourth-order valence-corrected chi connectivity index (χ4v) is 1.49. The maximum absolute atomic E-state index is 12.9. The predicted molar refractivity (Wildman–Crippen MR) is 45.3 cm³/mol. The number of ether oxygens (including phenoxy) is 1. The molecule has 1 atom stereocenters. The molecule has 0 aromatic carbocycles. The maximum atomic E-state index is 12.9. The summed E-state index contributed by atoms with van der Waals surface area (Å²) in [5.41, 5.74) is 0. The van der Waals surface area contributed by atoms with Crippen LogP contribution in [0.1, 0.15) is 24.2 Å². The molecule has 2 heterocycles. The third kappa shape index (κ3) is 2.29. The zero-order valence-electron chi connectivity index (χ0n) is 8.17. The van der Waals surface area contributed by atoms with Crippen molar-refractivity contribution in [2.45, 2.75) is 25.0 Å². The number of nitrogens with one attached hydrogen (secondary N) is 1. The first kappa shape index (κ1) is 10.4. The second kappa shape index (κ2) is 3.82. The highest BCUT2D eigenvalue weighted by Gasteiger charge is 2.42. The lowest BCUT2D eigenvalue weighted by Crippen LogP contribution is -2.19. The maximum Gasteiger partial charge on any atom is 0.262 e. The van der Waals surface area contributed by atoms with Gasteiger partial charge in [-0.25, -0.2) is 8.78 Å². The van der Waals surface area contributed by atoms with Crippen molar-refractivity contribution in [2.24, 2.45) is 0 Å². The molecule has 0 bridgehead atoms. The minimum absolute atomic E-state index is 0.194. The number of aromatic nitrogens is 2. The third-order valence-corrected chi connectivity index (χ3v) is 2.17. The standard InChI is InChI=1S/C8H11F2N3O2/c1-14-3-6-12-7(15-13-6)5-2-8(9,10)4-11-5/h5,11H,2-4H2,1H3. The van der Waals surface area contributed by atoms with Crippen LogP contribution in [0.3, 0.4) is 0 Å². The SMILES string of the molecule is COCc1noc(C2CC(F)(F)CN2)n1. The molecule has 1 N–H and O–H groups in total. The van der Waals surface area contributed by atoms with Crippen LogP contribution in [-0.2, 0) is 11.3 Å². The molecule has 1 saturated heterocycles. The molecule has 15 heavy (non-hydrogen) atoms. The second-order valence-electron chi connectivity index (χ2n) is 3.48. The molecule has 1 aromatic heterocycles. The van der Waals surface area contributed by atoms with Gasteiger partial charge in [0.1, 0.15) is 6.61 Å². The molecular formula is C8H11F2N3O2. The van der Waals surface area contributed by atoms with Gasteiger partial charge in [0.05, 0.1) is 12.6 Å². The van der Waals surface area contributed by atoms with E-state index in [1.54, 1.807) is 0 Å². The molecule has 0 amide bonds. The van der Waals surface area contributed by atoms with Crippen LogP contribution in [-0.4, -0.2) is 29.7 Å². The van der Waals surface area contributed by atoms with E-state index in [9.17, 15) is 8.78 Å². The first-order chi connectivity index (χ1) is 7.11. The van der Waals surface area contributed by atoms with Crippen molar-refractivity contribution in [3.63, 3.8) is 0 Å². The van der Waals surface area contributed by atoms with Crippen molar-refractivity contribution >= 4 is 0 Å². The normalized spacial score (nSPS) is 24.6. The van der Waals surface area contributed by atoms with Crippen molar-refractivity contribution < 1.29 is 18.0 Å². The van der Waals surface area contributed by atoms with Crippen molar-refractivity contribution in [3.05, 3.63) is 11.7 Å². The van der Waals surface area contributed by atoms with Crippen LogP contribution < -0.4 is 5.32 Å². The molecule has 0 radical (unpaired) electrons. The Morgan fingerprint density at radius 2 is 2.47 bits per heavy atom. The average Bonchev–Trinajstić information content (AvgIpc) is 2.73. The summed E-state index contributed by atoms with van der Waals surface area (Å²) in [6, 6.07) is -0.557. The van der Waals surface area contributed by atoms with Crippen LogP contribution in [0.5, 0.6) is 0 Å². The van der Waals surface area contributed by atoms with Crippen LogP contribution in [0.15, 0.2) is 4.52 Å². The fourth-order valence-electron chi connectivity index (χ4n) is 1.49. The Balaban J connectivity index is 2.04. The molecule has 1 fully saturated rings. The highest BCUT2D eigenvalue weighted by Crippen LogP contribution is 2.32. The highest BCUT2D eigenvalue weighted by atomic mass is 19.3. The lowest BCUT2D eigenvalue weighted by Gasteiger charge is -2.04. The number of alkyl halides is 2. The van der Waals surface area contributed by atoms with E-state index in [1.165, 1.54) is 7.11 Å². The van der Waals surface area contributed by atoms with Crippen LogP contribution in [0, 0.1) is 0 Å². The van der Waals surface area contributed by atoms with Gasteiger partial charge < -0.3 is 9.26 Å². The molecule has 84 valence electrons. The monoisotopic (exact) mass is 219 g/mol. The second-order valence-corrected chi connectivity index (χ2v) is 3.48. The molecule has 7 heteroatoms. The van der Waals surface area contributed by atoms with Gasteiger partial charge in [0.25, 0.3) is 5.92 Å². The number of nitrogens with zero attached hydrogens (tertiary/aromatic N) is 2. The number of hydrogen-bond acceptors (Lipinski definition) is 5. The molecular weight excluding hydrogens is 208 g/mol. The molecule has 5 nitrogen and oxygen atoms in total. The number of halogens is 2. The van der Waals surface area contributed by atoms with Crippen LogP contribution in [0.25, 0.3) is 0 Å². The smallest absolute Gasteiger partial charge is 0.262 e. The predicted octanol–water partition coefficient (Wildman–Crippen LogP) is 0.886. The van der Waals surface area contributed by atoms with Crippen molar-refractivity contribution in [1.82, 2.24) is 15.5 Å². The topological polar surface area (TPSA) is 60.2 Å². The molecule has 1 aliphatic rings. The zero-order chi connectivity index (χ0) is 10.9. The lowest BCUT2D eigenvalue weighted by atomic mass is 10.2. The average molecular weight is 219 g/mol. The Hall–Kier alpha value is -1.08. The van der Waals surface area contributed by atoms with Crippen LogP contribution in [0.4, 0.5) is 8.78 Å². The first-order valence-electron chi connectivity index (χ1n) is 4.53. The summed E-state index contributed by atoms with van der Waals surface area (Å²) < 4.78 is 35.4. The van der Waals surface area contributed by atoms with E-state index in [2.05, 4.69) is 15.5 Å². The molecule has 1 aromatic rings. The first-order valence-corrected chi connectivity index (χ1v) is 4.53. The van der Waals surface area contributed by atoms with Crippen LogP contribution >= 0.6 is 0 Å². The van der Waals surface area contributed by atoms with Crippen molar-refractivity contribution in [2.75, 3.05) is 13.7 Å². The quantitative estimate of drug-likeness (QED) is 0.817. The van der Waals surface area contributed by atoms with Gasteiger partial charge in [-0.05, 0) is 0 Å². The van der Waals surface area contributed by atoms with Crippen molar-refractivity contribution in [1.29, 1.82) is 0 Å². The van der Waals surface area contributed by atoms with Gasteiger partial charge in [0.15, 0.2) is 5.82 Å². The van der Waals surface area contributed by atoms with Gasteiger partial charge in [-0.3, -0.25) is 5.32 Å². The van der Waals surface area contributed by atoms with Gasteiger partial charge in [0, 0.05) is 13.5 Å². The molecule has 0 saturated carbocycles. The van der Waals surface area contributed by atoms with Gasteiger partial charge in [-0.15, -0.1) is 0 Å². The summed E-state index contributed by atoms with van der Waals surface area (Å²) in [5.74, 6) is -2.13. The summed E-state index contributed by atoms with van der Waals surface area (Å²) >= 11 is 0. The van der Waals surface area contributed by atoms with E-state index in [4.69, 9.17) is 9.26 Å². The molecule has 0 aliphatic carbocycles. The van der Waals surface area contributed by atoms with Gasteiger partial charge in [0.2, 0.25) is 5.89 Å². The lowest BCUT2D eigenvalue weighted by molar-refractivity contribution is 0.0200. The number of methoxy groups -OCH3 is 1. The third-order valence-electron chi connectivity index (χ3n) is 2.17. The Kier molecular flexibility index (Phi) is 2.66. The van der Waals surface area contributed by atoms with Gasteiger partial charge in [-0.1, -0.05) is 5.16 Å². The van der Waals surface area contributed by atoms with E-state index in [-0.39, 0.29) is 25.5 Å². The van der Waals surface area contributed by atoms with Crippen LogP contribution in [0.2, 0.25) is 0 Å². The summed E-state index contributed by atoms with van der Waals surface area (Å²) in [6.45, 7) is -0.133. The summed E-state index contributed by atoms with van der Waals surface area (Å²) in [6.07, 6.45) is -0.304. The summed E-state index contributed by atoms with van der Waals surface area (Å²) in [7, 11) is 1.50. The Morgan fingerprint density at radius 3 is 3.07 bits per heavy atom. The number of hydrogen-bond donors (Lipinski definition) is 1. The van der Waals surface area contributed by atoms with Gasteiger partial charge in [-0.2, -0.15) is 4.98 Å². The van der Waals surface area contributed by atoms with E-state index < -0.39 is 12.0 Å². The minimum Gasteiger partial charge on any atom is -0.377 e. The fraction of sp³-hybridized carbons (Fsp3) is 0.750. The Bertz CT molecular complexity index is 342. The summed E-state index contributed by atoms with van der Waals surface area (Å²) in [5, 5.41) is 6.23. The Labute approximate surface area is 84.8 Å². The zero-order valence-corrected chi connectivity index (χ0v) is 8.17. The molecule has 1 unspecified atom stereocenters. The summed E-state index contributed by atoms with van der Waals surface area (Å²) in [4.78, 5) is 3.95. The molecule has 2 rings (SSSR count). The van der Waals surface area contributed by atoms with E-state index in [0.717, 1.165) is 0 Å². The minimum atomic E-state index is -2.69. The molecule has 1 aliphatic heterocycles. The number of rotatable bonds is 3. The van der Waals surface area contributed by atoms with E-state index >= 15 is 0 Å². The van der Waals surface area contributed by atoms with Gasteiger partial charge >= 0.3 is 0 Å². The van der Waals surface area contributed by atoms with E-state index in [1.807, 2.05) is 0 Å². The van der Waals surface area contributed by atoms with E-state index in [0.29, 0.717) is 5.82 Å². The van der Waals surface area contributed by atoms with Crippen molar-refractivity contribution in [3.8, 4) is 0 Å². The molecule has 0 spiro atoms. The Morgan fingerprint density at radius 1 is 1.67 bits per heavy atom.